The Bertz CT molecular complexity index is 1400. The van der Waals surface area contributed by atoms with Gasteiger partial charge in [-0.2, -0.15) is 18.3 Å². The molecule has 0 bridgehead atoms. The summed E-state index contributed by atoms with van der Waals surface area (Å²) in [6.07, 6.45) is -3.27. The third-order valence-electron chi connectivity index (χ3n) is 5.92. The molecule has 0 unspecified atom stereocenters. The van der Waals surface area contributed by atoms with Gasteiger partial charge in [-0.1, -0.05) is 72.8 Å². The second-order valence-electron chi connectivity index (χ2n) is 8.17. The van der Waals surface area contributed by atoms with Gasteiger partial charge in [-0.3, -0.25) is 4.98 Å². The van der Waals surface area contributed by atoms with Crippen LogP contribution in [0, 0.1) is 6.92 Å². The van der Waals surface area contributed by atoms with E-state index in [-0.39, 0.29) is 5.82 Å². The largest absolute Gasteiger partial charge is 0.435 e. The van der Waals surface area contributed by atoms with E-state index in [0.717, 1.165) is 33.3 Å². The molecule has 4 nitrogen and oxygen atoms in total. The molecule has 0 N–H and O–H groups in total. The van der Waals surface area contributed by atoms with Crippen LogP contribution in [0.5, 0.6) is 0 Å². The molecule has 5 rings (SSSR count). The molecule has 35 heavy (non-hydrogen) atoms. The predicted octanol–water partition coefficient (Wildman–Crippen LogP) is 6.37. The highest BCUT2D eigenvalue weighted by Gasteiger charge is 2.41. The van der Waals surface area contributed by atoms with E-state index in [9.17, 15) is 13.2 Å². The number of hydrogen-bond donors (Lipinski definition) is 0. The highest BCUT2D eigenvalue weighted by Crippen LogP contribution is 2.43. The number of pyridine rings is 2. The average Bonchev–Trinajstić information content (AvgIpc) is 3.38. The first-order valence-corrected chi connectivity index (χ1v) is 11.0. The summed E-state index contributed by atoms with van der Waals surface area (Å²) in [6.45, 7) is 1.93. The van der Waals surface area contributed by atoms with Gasteiger partial charge in [0.1, 0.15) is 5.41 Å². The first kappa shape index (κ1) is 22.5. The van der Waals surface area contributed by atoms with Crippen LogP contribution in [0.4, 0.5) is 13.2 Å². The van der Waals surface area contributed by atoms with Crippen LogP contribution >= 0.6 is 0 Å². The molecule has 5 aromatic rings. The van der Waals surface area contributed by atoms with Crippen molar-refractivity contribution in [2.45, 2.75) is 18.5 Å². The monoisotopic (exact) mass is 470 g/mol. The van der Waals surface area contributed by atoms with E-state index in [1.54, 1.807) is 12.1 Å². The third-order valence-corrected chi connectivity index (χ3v) is 5.92. The van der Waals surface area contributed by atoms with Crippen molar-refractivity contribution < 1.29 is 13.2 Å². The predicted molar refractivity (Wildman–Crippen MR) is 127 cm³/mol. The zero-order chi connectivity index (χ0) is 24.5. The Morgan fingerprint density at radius 2 is 1.17 bits per heavy atom. The van der Waals surface area contributed by atoms with E-state index >= 15 is 0 Å². The first-order valence-electron chi connectivity index (χ1n) is 11.0. The van der Waals surface area contributed by atoms with Crippen LogP contribution in [0.1, 0.15) is 33.9 Å². The topological polar surface area (TPSA) is 43.6 Å². The summed E-state index contributed by atoms with van der Waals surface area (Å²) in [5.74, 6) is 0.280. The second kappa shape index (κ2) is 8.83. The van der Waals surface area contributed by atoms with Crippen molar-refractivity contribution >= 4 is 0 Å². The lowest BCUT2D eigenvalue weighted by Crippen LogP contribution is -2.33. The van der Waals surface area contributed by atoms with Crippen molar-refractivity contribution in [1.29, 1.82) is 0 Å². The van der Waals surface area contributed by atoms with Gasteiger partial charge in [0, 0.05) is 11.9 Å². The van der Waals surface area contributed by atoms with E-state index in [1.807, 2.05) is 91.9 Å². The van der Waals surface area contributed by atoms with Crippen LogP contribution in [-0.2, 0) is 11.6 Å². The average molecular weight is 470 g/mol. The Morgan fingerprint density at radius 3 is 1.71 bits per heavy atom. The van der Waals surface area contributed by atoms with E-state index < -0.39 is 17.3 Å². The summed E-state index contributed by atoms with van der Waals surface area (Å²) in [6, 6.07) is 31.8. The molecule has 3 heterocycles. The highest BCUT2D eigenvalue weighted by atomic mass is 19.4. The molecule has 0 fully saturated rings. The molecule has 7 heteroatoms. The molecule has 2 aromatic carbocycles. The third kappa shape index (κ3) is 4.10. The van der Waals surface area contributed by atoms with Crippen molar-refractivity contribution in [3.05, 3.63) is 143 Å². The summed E-state index contributed by atoms with van der Waals surface area (Å²) >= 11 is 0. The minimum absolute atomic E-state index is 0.280. The molecule has 0 saturated carbocycles. The molecule has 0 atom stereocenters. The van der Waals surface area contributed by atoms with Gasteiger partial charge >= 0.3 is 6.18 Å². The molecule has 0 saturated heterocycles. The summed E-state index contributed by atoms with van der Waals surface area (Å²) in [4.78, 5) is 9.77. The Hall–Kier alpha value is -4.26. The number of aryl methyl sites for hydroxylation is 1. The molecule has 0 aliphatic heterocycles. The van der Waals surface area contributed by atoms with Crippen LogP contribution < -0.4 is 0 Å². The standard InChI is InChI=1S/C28H21F3N4/c1-20-10-8-15-23(32-20)27(21-11-4-2-5-12-21,22-13-6-3-7-14-22)24-16-9-17-26(33-24)35-19-18-25(34-35)28(29,30)31/h2-19H,1H3. The van der Waals surface area contributed by atoms with Crippen molar-refractivity contribution in [2.75, 3.05) is 0 Å². The summed E-state index contributed by atoms with van der Waals surface area (Å²) in [5.41, 5.74) is 2.21. The number of aromatic nitrogens is 4. The highest BCUT2D eigenvalue weighted by molar-refractivity contribution is 5.56. The smallest absolute Gasteiger partial charge is 0.256 e. The molecule has 0 spiro atoms. The summed E-state index contributed by atoms with van der Waals surface area (Å²) in [7, 11) is 0. The number of alkyl halides is 3. The zero-order valence-electron chi connectivity index (χ0n) is 18.8. The number of nitrogens with zero attached hydrogens (tertiary/aromatic N) is 4. The Kier molecular flexibility index (Phi) is 5.68. The molecule has 0 aliphatic rings. The van der Waals surface area contributed by atoms with Gasteiger partial charge in [0.2, 0.25) is 0 Å². The number of halogens is 3. The van der Waals surface area contributed by atoms with E-state index in [2.05, 4.69) is 5.10 Å². The second-order valence-corrected chi connectivity index (χ2v) is 8.17. The maximum Gasteiger partial charge on any atom is 0.435 e. The van der Waals surface area contributed by atoms with Crippen molar-refractivity contribution in [1.82, 2.24) is 19.7 Å². The first-order chi connectivity index (χ1) is 16.9. The van der Waals surface area contributed by atoms with Gasteiger partial charge in [-0.05, 0) is 48.4 Å². The Labute approximate surface area is 200 Å². The minimum Gasteiger partial charge on any atom is -0.256 e. The molecular weight excluding hydrogens is 449 g/mol. The number of rotatable bonds is 5. The quantitative estimate of drug-likeness (QED) is 0.300. The molecule has 0 radical (unpaired) electrons. The lowest BCUT2D eigenvalue weighted by atomic mass is 9.69. The van der Waals surface area contributed by atoms with Crippen LogP contribution in [0.2, 0.25) is 0 Å². The SMILES string of the molecule is Cc1cccc(C(c2ccccc2)(c2ccccc2)c2cccc(-n3ccc(C(F)(F)F)n3)n2)n1. The summed E-state index contributed by atoms with van der Waals surface area (Å²) in [5, 5.41) is 3.72. The van der Waals surface area contributed by atoms with Crippen LogP contribution in [0.25, 0.3) is 5.82 Å². The summed E-state index contributed by atoms with van der Waals surface area (Å²) < 4.78 is 40.7. The molecular formula is C28H21F3N4. The Balaban J connectivity index is 1.81. The molecule has 3 aromatic heterocycles. The van der Waals surface area contributed by atoms with Gasteiger partial charge in [-0.25, -0.2) is 9.67 Å². The van der Waals surface area contributed by atoms with Crippen LogP contribution in [0.3, 0.4) is 0 Å². The van der Waals surface area contributed by atoms with Gasteiger partial charge in [-0.15, -0.1) is 0 Å². The maximum absolute atomic E-state index is 13.2. The van der Waals surface area contributed by atoms with Gasteiger partial charge < -0.3 is 0 Å². The molecule has 0 aliphatic carbocycles. The fourth-order valence-corrected chi connectivity index (χ4v) is 4.38. The van der Waals surface area contributed by atoms with E-state index in [1.165, 1.54) is 6.20 Å². The normalized spacial score (nSPS) is 12.0. The van der Waals surface area contributed by atoms with Gasteiger partial charge in [0.15, 0.2) is 11.5 Å². The van der Waals surface area contributed by atoms with Crippen LogP contribution in [-0.4, -0.2) is 19.7 Å². The molecule has 174 valence electrons. The Morgan fingerprint density at radius 1 is 0.600 bits per heavy atom. The van der Waals surface area contributed by atoms with Crippen LogP contribution in [0.15, 0.2) is 109 Å². The van der Waals surface area contributed by atoms with E-state index in [4.69, 9.17) is 9.97 Å². The minimum atomic E-state index is -4.54. The van der Waals surface area contributed by atoms with Crippen molar-refractivity contribution in [3.8, 4) is 5.82 Å². The fraction of sp³-hybridized carbons (Fsp3) is 0.107. The number of hydrogen-bond acceptors (Lipinski definition) is 3. The molecule has 0 amide bonds. The van der Waals surface area contributed by atoms with Gasteiger partial charge in [0.25, 0.3) is 0 Å². The lowest BCUT2D eigenvalue weighted by molar-refractivity contribution is -0.141. The van der Waals surface area contributed by atoms with Crippen molar-refractivity contribution in [3.63, 3.8) is 0 Å². The fourth-order valence-electron chi connectivity index (χ4n) is 4.38. The lowest BCUT2D eigenvalue weighted by Gasteiger charge is -2.34. The maximum atomic E-state index is 13.2. The van der Waals surface area contributed by atoms with Gasteiger partial charge in [0.05, 0.1) is 11.4 Å². The zero-order valence-corrected chi connectivity index (χ0v) is 18.8. The van der Waals surface area contributed by atoms with Crippen molar-refractivity contribution in [2.24, 2.45) is 0 Å². The number of benzene rings is 2. The van der Waals surface area contributed by atoms with E-state index in [0.29, 0.717) is 5.69 Å².